The number of nitrogens with one attached hydrogen (secondary N) is 2. The SMILES string of the molecule is S=C(N/N=C(/Cn1ccnc1)c1ccc2ccccc2c1)Nc1ccccc1. The first-order valence-corrected chi connectivity index (χ1v) is 9.32. The van der Waals surface area contributed by atoms with Crippen molar-refractivity contribution in [3.63, 3.8) is 0 Å². The van der Waals surface area contributed by atoms with E-state index in [9.17, 15) is 0 Å². The number of hydrogen-bond donors (Lipinski definition) is 2. The molecular weight excluding hydrogens is 366 g/mol. The third-order valence-electron chi connectivity index (χ3n) is 4.30. The Bertz CT molecular complexity index is 1100. The van der Waals surface area contributed by atoms with Crippen LogP contribution in [-0.2, 0) is 6.54 Å². The van der Waals surface area contributed by atoms with Crippen LogP contribution in [0.25, 0.3) is 10.8 Å². The molecule has 0 unspecified atom stereocenters. The lowest BCUT2D eigenvalue weighted by Gasteiger charge is -2.11. The van der Waals surface area contributed by atoms with Gasteiger partial charge in [0.15, 0.2) is 5.11 Å². The van der Waals surface area contributed by atoms with Gasteiger partial charge in [-0.15, -0.1) is 0 Å². The molecule has 4 aromatic rings. The number of para-hydroxylation sites is 1. The fourth-order valence-electron chi connectivity index (χ4n) is 2.91. The molecule has 1 aromatic heterocycles. The summed E-state index contributed by atoms with van der Waals surface area (Å²) in [7, 11) is 0. The van der Waals surface area contributed by atoms with Crippen molar-refractivity contribution in [1.29, 1.82) is 0 Å². The molecule has 0 fully saturated rings. The van der Waals surface area contributed by atoms with Gasteiger partial charge in [0.2, 0.25) is 0 Å². The molecule has 0 aliphatic rings. The summed E-state index contributed by atoms with van der Waals surface area (Å²) < 4.78 is 1.98. The number of benzene rings is 3. The highest BCUT2D eigenvalue weighted by molar-refractivity contribution is 7.80. The van der Waals surface area contributed by atoms with E-state index in [0.717, 1.165) is 17.0 Å². The van der Waals surface area contributed by atoms with Crippen molar-refractivity contribution in [2.24, 2.45) is 5.10 Å². The van der Waals surface area contributed by atoms with Crippen molar-refractivity contribution < 1.29 is 0 Å². The van der Waals surface area contributed by atoms with Crippen LogP contribution in [0.1, 0.15) is 5.56 Å². The highest BCUT2D eigenvalue weighted by Crippen LogP contribution is 2.17. The second-order valence-corrected chi connectivity index (χ2v) is 6.70. The van der Waals surface area contributed by atoms with Crippen molar-refractivity contribution in [3.05, 3.63) is 97.1 Å². The fraction of sp³-hybridized carbons (Fsp3) is 0.0455. The highest BCUT2D eigenvalue weighted by Gasteiger charge is 2.07. The minimum absolute atomic E-state index is 0.440. The Morgan fingerprint density at radius 2 is 1.75 bits per heavy atom. The molecule has 3 aromatic carbocycles. The van der Waals surface area contributed by atoms with Crippen LogP contribution < -0.4 is 10.7 Å². The van der Waals surface area contributed by atoms with Crippen molar-refractivity contribution in [2.75, 3.05) is 5.32 Å². The summed E-state index contributed by atoms with van der Waals surface area (Å²) in [5, 5.41) is 10.5. The van der Waals surface area contributed by atoms with E-state index in [4.69, 9.17) is 12.2 Å². The average Bonchev–Trinajstić information content (AvgIpc) is 3.25. The van der Waals surface area contributed by atoms with Crippen LogP contribution in [0.4, 0.5) is 5.69 Å². The van der Waals surface area contributed by atoms with Gasteiger partial charge in [-0.2, -0.15) is 5.10 Å². The maximum Gasteiger partial charge on any atom is 0.191 e. The molecule has 0 spiro atoms. The van der Waals surface area contributed by atoms with Gasteiger partial charge in [0.05, 0.1) is 18.6 Å². The summed E-state index contributed by atoms with van der Waals surface area (Å²) >= 11 is 5.38. The minimum atomic E-state index is 0.440. The van der Waals surface area contributed by atoms with E-state index in [1.165, 1.54) is 10.8 Å². The van der Waals surface area contributed by atoms with Gasteiger partial charge in [0.1, 0.15) is 0 Å². The Hall–Kier alpha value is -3.51. The molecule has 6 heteroatoms. The first-order chi connectivity index (χ1) is 13.8. The molecule has 2 N–H and O–H groups in total. The zero-order valence-corrected chi connectivity index (χ0v) is 15.9. The number of nitrogens with zero attached hydrogens (tertiary/aromatic N) is 3. The fourth-order valence-corrected chi connectivity index (χ4v) is 3.08. The molecule has 28 heavy (non-hydrogen) atoms. The van der Waals surface area contributed by atoms with Crippen LogP contribution in [0.2, 0.25) is 0 Å². The molecule has 138 valence electrons. The Balaban J connectivity index is 1.58. The summed E-state index contributed by atoms with van der Waals surface area (Å²) in [6.07, 6.45) is 5.45. The molecule has 0 saturated carbocycles. The number of thiocarbonyl (C=S) groups is 1. The van der Waals surface area contributed by atoms with Crippen LogP contribution in [-0.4, -0.2) is 20.4 Å². The van der Waals surface area contributed by atoms with Gasteiger partial charge in [-0.05, 0) is 41.2 Å². The molecule has 1 heterocycles. The minimum Gasteiger partial charge on any atom is -0.331 e. The van der Waals surface area contributed by atoms with Gasteiger partial charge in [0.25, 0.3) is 0 Å². The molecular formula is C22H19N5S. The Labute approximate surface area is 168 Å². The molecule has 5 nitrogen and oxygen atoms in total. The smallest absolute Gasteiger partial charge is 0.191 e. The number of rotatable bonds is 5. The topological polar surface area (TPSA) is 54.2 Å². The molecule has 0 aliphatic carbocycles. The highest BCUT2D eigenvalue weighted by atomic mass is 32.1. The monoisotopic (exact) mass is 385 g/mol. The van der Waals surface area contributed by atoms with E-state index in [1.807, 2.05) is 53.2 Å². The zero-order chi connectivity index (χ0) is 19.2. The Morgan fingerprint density at radius 3 is 2.54 bits per heavy atom. The maximum absolute atomic E-state index is 5.38. The molecule has 0 saturated heterocycles. The summed E-state index contributed by atoms with van der Waals surface area (Å²) in [5.41, 5.74) is 5.77. The average molecular weight is 385 g/mol. The van der Waals surface area contributed by atoms with Gasteiger partial charge in [-0.25, -0.2) is 4.98 Å². The number of hydrazone groups is 1. The maximum atomic E-state index is 5.38. The molecule has 4 rings (SSSR count). The molecule has 0 amide bonds. The van der Waals surface area contributed by atoms with E-state index in [-0.39, 0.29) is 0 Å². The first kappa shape index (κ1) is 17.9. The van der Waals surface area contributed by atoms with Crippen molar-refractivity contribution in [3.8, 4) is 0 Å². The molecule has 0 bridgehead atoms. The van der Waals surface area contributed by atoms with Gasteiger partial charge in [0, 0.05) is 23.6 Å². The lowest BCUT2D eigenvalue weighted by Crippen LogP contribution is -2.26. The second kappa shape index (κ2) is 8.45. The van der Waals surface area contributed by atoms with Gasteiger partial charge in [-0.1, -0.05) is 54.6 Å². The van der Waals surface area contributed by atoms with Gasteiger partial charge < -0.3 is 9.88 Å². The van der Waals surface area contributed by atoms with Gasteiger partial charge >= 0.3 is 0 Å². The molecule has 0 atom stereocenters. The van der Waals surface area contributed by atoms with Crippen molar-refractivity contribution in [2.45, 2.75) is 6.54 Å². The normalized spacial score (nSPS) is 11.4. The number of anilines is 1. The van der Waals surface area contributed by atoms with Gasteiger partial charge in [-0.3, -0.25) is 5.43 Å². The van der Waals surface area contributed by atoms with E-state index in [1.54, 1.807) is 12.5 Å². The number of imidazole rings is 1. The van der Waals surface area contributed by atoms with Crippen LogP contribution in [0, 0.1) is 0 Å². The zero-order valence-electron chi connectivity index (χ0n) is 15.1. The third-order valence-corrected chi connectivity index (χ3v) is 4.49. The molecule has 0 radical (unpaired) electrons. The van der Waals surface area contributed by atoms with Crippen LogP contribution in [0.3, 0.4) is 0 Å². The van der Waals surface area contributed by atoms with Crippen LogP contribution >= 0.6 is 12.2 Å². The van der Waals surface area contributed by atoms with E-state index >= 15 is 0 Å². The van der Waals surface area contributed by atoms with Crippen molar-refractivity contribution >= 4 is 39.5 Å². The summed E-state index contributed by atoms with van der Waals surface area (Å²) in [4.78, 5) is 4.12. The Kier molecular flexibility index (Phi) is 5.40. The lowest BCUT2D eigenvalue weighted by atomic mass is 10.0. The molecule has 0 aliphatic heterocycles. The van der Waals surface area contributed by atoms with E-state index < -0.39 is 0 Å². The number of fused-ring (bicyclic) bond motifs is 1. The number of aromatic nitrogens is 2. The van der Waals surface area contributed by atoms with Crippen LogP contribution in [0.5, 0.6) is 0 Å². The lowest BCUT2D eigenvalue weighted by molar-refractivity contribution is 0.839. The van der Waals surface area contributed by atoms with Crippen LogP contribution in [0.15, 0.2) is 96.6 Å². The predicted octanol–water partition coefficient (Wildman–Crippen LogP) is 4.43. The standard InChI is InChI=1S/C22H19N5S/c28-22(24-20-8-2-1-3-9-20)26-25-21(15-27-13-12-23-16-27)19-11-10-17-6-4-5-7-18(17)14-19/h1-14,16H,15H2,(H2,24,26,28)/b25-21-. The van der Waals surface area contributed by atoms with E-state index in [0.29, 0.717) is 11.7 Å². The van der Waals surface area contributed by atoms with Crippen molar-refractivity contribution in [1.82, 2.24) is 15.0 Å². The summed E-state index contributed by atoms with van der Waals surface area (Å²) in [6, 6.07) is 24.4. The summed E-state index contributed by atoms with van der Waals surface area (Å²) in [6.45, 7) is 0.583. The summed E-state index contributed by atoms with van der Waals surface area (Å²) in [5.74, 6) is 0. The third kappa shape index (κ3) is 4.42. The van der Waals surface area contributed by atoms with E-state index in [2.05, 4.69) is 51.2 Å². The quantitative estimate of drug-likeness (QED) is 0.303. The Morgan fingerprint density at radius 1 is 0.964 bits per heavy atom. The number of hydrogen-bond acceptors (Lipinski definition) is 3. The second-order valence-electron chi connectivity index (χ2n) is 6.29. The predicted molar refractivity (Wildman–Crippen MR) is 119 cm³/mol. The largest absolute Gasteiger partial charge is 0.331 e. The first-order valence-electron chi connectivity index (χ1n) is 8.91.